The molecule has 1 heterocycles. The maximum atomic E-state index is 11.3. The Morgan fingerprint density at radius 2 is 2.38 bits per heavy atom. The highest BCUT2D eigenvalue weighted by molar-refractivity contribution is 8.00. The molecule has 1 fully saturated rings. The van der Waals surface area contributed by atoms with Crippen LogP contribution >= 0.6 is 11.8 Å². The molecule has 1 aliphatic rings. The average molecular weight is 246 g/mol. The van der Waals surface area contributed by atoms with Crippen molar-refractivity contribution < 1.29 is 19.1 Å². The van der Waals surface area contributed by atoms with E-state index in [1.807, 2.05) is 0 Å². The van der Waals surface area contributed by atoms with E-state index in [1.165, 1.54) is 7.11 Å². The first-order chi connectivity index (χ1) is 7.69. The van der Waals surface area contributed by atoms with Crippen LogP contribution in [0.2, 0.25) is 0 Å². The van der Waals surface area contributed by atoms with E-state index in [0.717, 1.165) is 0 Å². The van der Waals surface area contributed by atoms with Gasteiger partial charge in [-0.05, 0) is 6.92 Å². The molecule has 0 aliphatic carbocycles. The van der Waals surface area contributed by atoms with E-state index in [9.17, 15) is 9.59 Å². The van der Waals surface area contributed by atoms with Crippen molar-refractivity contribution in [3.05, 3.63) is 0 Å². The Morgan fingerprint density at radius 1 is 1.62 bits per heavy atom. The Bertz CT molecular complexity index is 306. The number of rotatable bonds is 3. The summed E-state index contributed by atoms with van der Waals surface area (Å²) in [5.74, 6) is 0.564. The first kappa shape index (κ1) is 12.8. The standard InChI is InChI=1S/C9H14N2O4S/c1-3-15-9(13)11-10-7-5-16-4-6(7)8(12)14-2/h6H,3-5H2,1-2H3,(H,11,13)/b10-7+. The lowest BCUT2D eigenvalue weighted by molar-refractivity contribution is -0.142. The molecule has 1 unspecified atom stereocenters. The molecular weight excluding hydrogens is 232 g/mol. The highest BCUT2D eigenvalue weighted by Gasteiger charge is 2.31. The van der Waals surface area contributed by atoms with E-state index in [-0.39, 0.29) is 18.5 Å². The zero-order valence-corrected chi connectivity index (χ0v) is 10.0. The zero-order chi connectivity index (χ0) is 12.0. The summed E-state index contributed by atoms with van der Waals surface area (Å²) in [5, 5.41) is 3.86. The minimum absolute atomic E-state index is 0.284. The first-order valence-corrected chi connectivity index (χ1v) is 5.99. The van der Waals surface area contributed by atoms with Gasteiger partial charge in [0, 0.05) is 11.5 Å². The average Bonchev–Trinajstić information content (AvgIpc) is 2.74. The molecular formula is C9H14N2O4S. The van der Waals surface area contributed by atoms with Crippen LogP contribution < -0.4 is 5.43 Å². The Morgan fingerprint density at radius 3 is 3.00 bits per heavy atom. The molecule has 1 N–H and O–H groups in total. The molecule has 1 rings (SSSR count). The summed E-state index contributed by atoms with van der Waals surface area (Å²) in [6, 6.07) is 0. The second-order valence-electron chi connectivity index (χ2n) is 3.03. The second kappa shape index (κ2) is 6.37. The van der Waals surface area contributed by atoms with Crippen LogP contribution in [0.4, 0.5) is 4.79 Å². The molecule has 0 aromatic carbocycles. The summed E-state index contributed by atoms with van der Waals surface area (Å²) in [6.45, 7) is 1.99. The maximum absolute atomic E-state index is 11.3. The first-order valence-electron chi connectivity index (χ1n) is 4.83. The highest BCUT2D eigenvalue weighted by Crippen LogP contribution is 2.22. The summed E-state index contributed by atoms with van der Waals surface area (Å²) >= 11 is 1.58. The van der Waals surface area contributed by atoms with Gasteiger partial charge in [0.1, 0.15) is 5.92 Å². The van der Waals surface area contributed by atoms with Crippen LogP contribution in [0.5, 0.6) is 0 Å². The van der Waals surface area contributed by atoms with Crippen LogP contribution in [0, 0.1) is 5.92 Å². The van der Waals surface area contributed by atoms with Gasteiger partial charge in [-0.15, -0.1) is 0 Å². The number of hydrogen-bond acceptors (Lipinski definition) is 6. The summed E-state index contributed by atoms with van der Waals surface area (Å²) in [4.78, 5) is 22.3. The number of carbonyl (C=O) groups is 2. The Kier molecular flexibility index (Phi) is 5.10. The van der Waals surface area contributed by atoms with Crippen LogP contribution in [-0.2, 0) is 14.3 Å². The number of carbonyl (C=O) groups excluding carboxylic acids is 2. The van der Waals surface area contributed by atoms with Gasteiger partial charge in [0.05, 0.1) is 19.4 Å². The number of nitrogens with zero attached hydrogens (tertiary/aromatic N) is 1. The highest BCUT2D eigenvalue weighted by atomic mass is 32.2. The number of hydrazone groups is 1. The number of esters is 1. The van der Waals surface area contributed by atoms with Gasteiger partial charge in [0.15, 0.2) is 0 Å². The topological polar surface area (TPSA) is 77.0 Å². The number of nitrogens with one attached hydrogen (secondary N) is 1. The maximum Gasteiger partial charge on any atom is 0.427 e. The lowest BCUT2D eigenvalue weighted by Gasteiger charge is -2.07. The molecule has 0 bridgehead atoms. The van der Waals surface area contributed by atoms with Crippen molar-refractivity contribution in [2.24, 2.45) is 11.0 Å². The van der Waals surface area contributed by atoms with Crippen molar-refractivity contribution in [3.63, 3.8) is 0 Å². The van der Waals surface area contributed by atoms with Crippen molar-refractivity contribution in [2.75, 3.05) is 25.2 Å². The molecule has 0 spiro atoms. The number of methoxy groups -OCH3 is 1. The van der Waals surface area contributed by atoms with Gasteiger partial charge in [-0.25, -0.2) is 10.2 Å². The lowest BCUT2D eigenvalue weighted by atomic mass is 10.1. The lowest BCUT2D eigenvalue weighted by Crippen LogP contribution is -2.27. The Hall–Kier alpha value is -1.24. The Balaban J connectivity index is 2.54. The molecule has 1 aliphatic heterocycles. The van der Waals surface area contributed by atoms with Gasteiger partial charge in [0.2, 0.25) is 0 Å². The second-order valence-corrected chi connectivity index (χ2v) is 4.06. The van der Waals surface area contributed by atoms with Crippen LogP contribution in [0.1, 0.15) is 6.92 Å². The Labute approximate surface area is 97.7 Å². The van der Waals surface area contributed by atoms with Gasteiger partial charge < -0.3 is 9.47 Å². The monoisotopic (exact) mass is 246 g/mol. The van der Waals surface area contributed by atoms with Gasteiger partial charge >= 0.3 is 12.1 Å². The van der Waals surface area contributed by atoms with Gasteiger partial charge in [-0.1, -0.05) is 0 Å². The largest absolute Gasteiger partial charge is 0.468 e. The fourth-order valence-electron chi connectivity index (χ4n) is 1.22. The normalized spacial score (nSPS) is 21.9. The van der Waals surface area contributed by atoms with E-state index in [0.29, 0.717) is 17.2 Å². The molecule has 90 valence electrons. The number of thioether (sulfide) groups is 1. The predicted octanol–water partition coefficient (Wildman–Crippen LogP) is 0.624. The molecule has 0 radical (unpaired) electrons. The molecule has 0 aromatic rings. The van der Waals surface area contributed by atoms with Crippen molar-refractivity contribution in [1.82, 2.24) is 5.43 Å². The number of amides is 1. The van der Waals surface area contributed by atoms with Crippen LogP contribution in [0.25, 0.3) is 0 Å². The fourth-order valence-corrected chi connectivity index (χ4v) is 2.37. The summed E-state index contributed by atoms with van der Waals surface area (Å²) in [5.41, 5.74) is 2.86. The molecule has 1 atom stereocenters. The van der Waals surface area contributed by atoms with Crippen LogP contribution in [-0.4, -0.2) is 43.0 Å². The zero-order valence-electron chi connectivity index (χ0n) is 9.19. The fraction of sp³-hybridized carbons (Fsp3) is 0.667. The van der Waals surface area contributed by atoms with Crippen LogP contribution in [0.15, 0.2) is 5.10 Å². The van der Waals surface area contributed by atoms with Crippen molar-refractivity contribution >= 4 is 29.5 Å². The quantitative estimate of drug-likeness (QED) is 0.583. The van der Waals surface area contributed by atoms with E-state index < -0.39 is 6.09 Å². The van der Waals surface area contributed by atoms with E-state index in [4.69, 9.17) is 0 Å². The van der Waals surface area contributed by atoms with E-state index in [2.05, 4.69) is 20.0 Å². The molecule has 6 nitrogen and oxygen atoms in total. The molecule has 1 amide bonds. The molecule has 16 heavy (non-hydrogen) atoms. The molecule has 7 heteroatoms. The SMILES string of the molecule is CCOC(=O)N/N=C1\CSCC1C(=O)OC. The third kappa shape index (κ3) is 3.41. The summed E-state index contributed by atoms with van der Waals surface area (Å²) in [7, 11) is 1.34. The van der Waals surface area contributed by atoms with Crippen molar-refractivity contribution in [3.8, 4) is 0 Å². The predicted molar refractivity (Wildman–Crippen MR) is 60.4 cm³/mol. The third-order valence-corrected chi connectivity index (χ3v) is 3.06. The smallest absolute Gasteiger partial charge is 0.427 e. The van der Waals surface area contributed by atoms with E-state index >= 15 is 0 Å². The minimum atomic E-state index is -0.615. The van der Waals surface area contributed by atoms with Gasteiger partial charge in [-0.2, -0.15) is 16.9 Å². The molecule has 0 saturated carbocycles. The molecule has 0 aromatic heterocycles. The number of hydrogen-bond donors (Lipinski definition) is 1. The number of ether oxygens (including phenoxy) is 2. The van der Waals surface area contributed by atoms with Gasteiger partial charge in [-0.3, -0.25) is 4.79 Å². The third-order valence-electron chi connectivity index (χ3n) is 1.99. The van der Waals surface area contributed by atoms with Crippen LogP contribution in [0.3, 0.4) is 0 Å². The minimum Gasteiger partial charge on any atom is -0.468 e. The molecule has 1 saturated heterocycles. The summed E-state index contributed by atoms with van der Waals surface area (Å²) in [6.07, 6.45) is -0.615. The summed E-state index contributed by atoms with van der Waals surface area (Å²) < 4.78 is 9.29. The van der Waals surface area contributed by atoms with Crippen molar-refractivity contribution in [1.29, 1.82) is 0 Å². The van der Waals surface area contributed by atoms with E-state index in [1.54, 1.807) is 18.7 Å². The van der Waals surface area contributed by atoms with Gasteiger partial charge in [0.25, 0.3) is 0 Å². The van der Waals surface area contributed by atoms with Crippen molar-refractivity contribution in [2.45, 2.75) is 6.92 Å².